The Morgan fingerprint density at radius 2 is 1.56 bits per heavy atom. The van der Waals surface area contributed by atoms with E-state index in [2.05, 4.69) is 16.2 Å². The fourth-order valence-corrected chi connectivity index (χ4v) is 2.73. The highest BCUT2D eigenvalue weighted by atomic mass is 19.4. The van der Waals surface area contributed by atoms with Gasteiger partial charge in [0.1, 0.15) is 12.1 Å². The van der Waals surface area contributed by atoms with Crippen molar-refractivity contribution in [2.45, 2.75) is 39.5 Å². The van der Waals surface area contributed by atoms with Crippen molar-refractivity contribution in [1.82, 2.24) is 15.8 Å². The summed E-state index contributed by atoms with van der Waals surface area (Å²) < 4.78 is 43.5. The maximum Gasteiger partial charge on any atom is 0.416 e. The molecule has 0 aliphatic carbocycles. The van der Waals surface area contributed by atoms with Crippen LogP contribution >= 0.6 is 0 Å². The van der Waals surface area contributed by atoms with Crippen LogP contribution in [0.5, 0.6) is 0 Å². The quantitative estimate of drug-likeness (QED) is 0.530. The molecule has 0 radical (unpaired) electrons. The number of hydrogen-bond donors (Lipinski definition) is 3. The molecule has 0 saturated heterocycles. The van der Waals surface area contributed by atoms with Gasteiger partial charge in [-0.25, -0.2) is 4.79 Å². The van der Waals surface area contributed by atoms with Crippen LogP contribution in [0.25, 0.3) is 0 Å². The molecule has 0 saturated carbocycles. The van der Waals surface area contributed by atoms with Gasteiger partial charge in [0.2, 0.25) is 0 Å². The van der Waals surface area contributed by atoms with E-state index in [-0.39, 0.29) is 18.7 Å². The van der Waals surface area contributed by atoms with Gasteiger partial charge >= 0.3 is 12.3 Å². The van der Waals surface area contributed by atoms with E-state index in [1.807, 2.05) is 0 Å². The third kappa shape index (κ3) is 7.98. The molecule has 2 aromatic carbocycles. The minimum Gasteiger partial charge on any atom is -0.444 e. The first kappa shape index (κ1) is 26.5. The summed E-state index contributed by atoms with van der Waals surface area (Å²) in [6, 6.07) is 10.6. The predicted octanol–water partition coefficient (Wildman–Crippen LogP) is 4.47. The Balaban J connectivity index is 2.00. The van der Waals surface area contributed by atoms with E-state index in [1.165, 1.54) is 23.1 Å². The summed E-state index contributed by atoms with van der Waals surface area (Å²) in [5.41, 5.74) is 3.79. The first-order valence-electron chi connectivity index (χ1n) is 10.4. The van der Waals surface area contributed by atoms with Gasteiger partial charge in [-0.2, -0.15) is 13.2 Å². The Bertz CT molecular complexity index is 1020. The first-order chi connectivity index (χ1) is 15.8. The Kier molecular flexibility index (Phi) is 8.50. The fourth-order valence-electron chi connectivity index (χ4n) is 2.73. The molecule has 2 aromatic rings. The number of para-hydroxylation sites is 1. The normalized spacial score (nSPS) is 11.4. The minimum atomic E-state index is -4.45. The van der Waals surface area contributed by atoms with E-state index in [1.54, 1.807) is 45.9 Å². The van der Waals surface area contributed by atoms with Crippen molar-refractivity contribution in [3.63, 3.8) is 0 Å². The van der Waals surface area contributed by atoms with Crippen LogP contribution in [-0.4, -0.2) is 41.5 Å². The Hall–Kier alpha value is -3.76. The van der Waals surface area contributed by atoms with Crippen LogP contribution in [0.4, 0.5) is 29.3 Å². The topological polar surface area (TPSA) is 99.8 Å². The summed E-state index contributed by atoms with van der Waals surface area (Å²) in [7, 11) is 0. The zero-order chi connectivity index (χ0) is 25.5. The number of likely N-dealkylation sites (N-methyl/N-ethyl adjacent to an activating group) is 1. The number of amides is 3. The van der Waals surface area contributed by atoms with Crippen LogP contribution < -0.4 is 16.2 Å². The number of ether oxygens (including phenoxy) is 1. The molecule has 0 atom stereocenters. The van der Waals surface area contributed by atoms with E-state index in [0.717, 1.165) is 12.1 Å². The number of rotatable bonds is 6. The van der Waals surface area contributed by atoms with Gasteiger partial charge < -0.3 is 10.1 Å². The summed E-state index contributed by atoms with van der Waals surface area (Å²) >= 11 is 0. The monoisotopic (exact) mass is 480 g/mol. The van der Waals surface area contributed by atoms with Crippen LogP contribution in [0.15, 0.2) is 48.5 Å². The number of hydrazine groups is 1. The molecule has 0 aliphatic rings. The van der Waals surface area contributed by atoms with Crippen molar-refractivity contribution >= 4 is 29.3 Å². The van der Waals surface area contributed by atoms with Gasteiger partial charge in [0, 0.05) is 12.2 Å². The first-order valence-corrected chi connectivity index (χ1v) is 10.4. The SMILES string of the molecule is CCN(CC(=O)NNC(=O)c1ccccc1Nc1ccc(C(F)(F)F)cc1)C(=O)OC(C)(C)C. The number of halogens is 3. The molecule has 0 bridgehead atoms. The molecule has 0 unspecified atom stereocenters. The molecular formula is C23H27F3N4O4. The molecule has 3 N–H and O–H groups in total. The van der Waals surface area contributed by atoms with Crippen molar-refractivity contribution < 1.29 is 32.3 Å². The molecule has 34 heavy (non-hydrogen) atoms. The fraction of sp³-hybridized carbons (Fsp3) is 0.348. The van der Waals surface area contributed by atoms with Crippen LogP contribution in [0.1, 0.15) is 43.6 Å². The van der Waals surface area contributed by atoms with Crippen LogP contribution in [-0.2, 0) is 15.7 Å². The number of benzene rings is 2. The molecule has 8 nitrogen and oxygen atoms in total. The Morgan fingerprint density at radius 1 is 0.941 bits per heavy atom. The number of nitrogens with one attached hydrogen (secondary N) is 3. The van der Waals surface area contributed by atoms with E-state index < -0.39 is 35.2 Å². The smallest absolute Gasteiger partial charge is 0.416 e. The number of carbonyl (C=O) groups excluding carboxylic acids is 3. The standard InChI is InChI=1S/C23H27F3N4O4/c1-5-30(21(33)34-22(2,3)4)14-19(31)28-29-20(32)17-8-6-7-9-18(17)27-16-12-10-15(11-13-16)23(24,25)26/h6-13,27H,5,14H2,1-4H3,(H,28,31)(H,29,32). The molecule has 11 heteroatoms. The molecule has 184 valence electrons. The largest absolute Gasteiger partial charge is 0.444 e. The van der Waals surface area contributed by atoms with Crippen molar-refractivity contribution in [3.05, 3.63) is 59.7 Å². The Morgan fingerprint density at radius 3 is 2.12 bits per heavy atom. The predicted molar refractivity (Wildman–Crippen MR) is 120 cm³/mol. The molecule has 0 spiro atoms. The van der Waals surface area contributed by atoms with Crippen LogP contribution in [0.3, 0.4) is 0 Å². The zero-order valence-electron chi connectivity index (χ0n) is 19.2. The molecule has 3 amide bonds. The average molecular weight is 480 g/mol. The number of carbonyl (C=O) groups is 3. The van der Waals surface area contributed by atoms with Gasteiger partial charge in [0.15, 0.2) is 0 Å². The third-order valence-electron chi connectivity index (χ3n) is 4.35. The summed E-state index contributed by atoms with van der Waals surface area (Å²) in [5.74, 6) is -1.31. The second-order valence-electron chi connectivity index (χ2n) is 8.24. The van der Waals surface area contributed by atoms with Gasteiger partial charge in [-0.05, 0) is 64.1 Å². The average Bonchev–Trinajstić information content (AvgIpc) is 2.74. The molecule has 2 rings (SSSR count). The maximum atomic E-state index is 12.7. The second-order valence-corrected chi connectivity index (χ2v) is 8.24. The highest BCUT2D eigenvalue weighted by Gasteiger charge is 2.30. The van der Waals surface area contributed by atoms with Crippen LogP contribution in [0.2, 0.25) is 0 Å². The molecule has 0 heterocycles. The van der Waals surface area contributed by atoms with Gasteiger partial charge in [-0.3, -0.25) is 25.3 Å². The zero-order valence-corrected chi connectivity index (χ0v) is 19.2. The molecular weight excluding hydrogens is 453 g/mol. The lowest BCUT2D eigenvalue weighted by Crippen LogP contribution is -2.48. The summed E-state index contributed by atoms with van der Waals surface area (Å²) in [6.45, 7) is 6.67. The molecule has 0 aromatic heterocycles. The van der Waals surface area contributed by atoms with Gasteiger partial charge in [-0.15, -0.1) is 0 Å². The van der Waals surface area contributed by atoms with Crippen molar-refractivity contribution in [2.24, 2.45) is 0 Å². The van der Waals surface area contributed by atoms with Crippen molar-refractivity contribution in [3.8, 4) is 0 Å². The highest BCUT2D eigenvalue weighted by molar-refractivity contribution is 6.01. The summed E-state index contributed by atoms with van der Waals surface area (Å²) in [5, 5.41) is 2.89. The lowest BCUT2D eigenvalue weighted by atomic mass is 10.1. The van der Waals surface area contributed by atoms with E-state index in [4.69, 9.17) is 4.74 Å². The van der Waals surface area contributed by atoms with Crippen molar-refractivity contribution in [2.75, 3.05) is 18.4 Å². The van der Waals surface area contributed by atoms with Crippen LogP contribution in [0, 0.1) is 0 Å². The molecule has 0 fully saturated rings. The maximum absolute atomic E-state index is 12.7. The highest BCUT2D eigenvalue weighted by Crippen LogP contribution is 2.30. The number of anilines is 2. The van der Waals surface area contributed by atoms with Gasteiger partial charge in [0.25, 0.3) is 11.8 Å². The van der Waals surface area contributed by atoms with Crippen molar-refractivity contribution in [1.29, 1.82) is 0 Å². The Labute approximate surface area is 195 Å². The third-order valence-corrected chi connectivity index (χ3v) is 4.35. The summed E-state index contributed by atoms with van der Waals surface area (Å²) in [4.78, 5) is 38.1. The van der Waals surface area contributed by atoms with Gasteiger partial charge in [-0.1, -0.05) is 12.1 Å². The minimum absolute atomic E-state index is 0.141. The second kappa shape index (κ2) is 10.9. The summed E-state index contributed by atoms with van der Waals surface area (Å²) in [6.07, 6.45) is -5.12. The number of alkyl halides is 3. The van der Waals surface area contributed by atoms with E-state index in [9.17, 15) is 27.6 Å². The molecule has 0 aliphatic heterocycles. The lowest BCUT2D eigenvalue weighted by molar-refractivity contribution is -0.137. The van der Waals surface area contributed by atoms with E-state index >= 15 is 0 Å². The number of nitrogens with zero attached hydrogens (tertiary/aromatic N) is 1. The lowest BCUT2D eigenvalue weighted by Gasteiger charge is -2.26. The number of hydrogen-bond acceptors (Lipinski definition) is 5. The van der Waals surface area contributed by atoms with Gasteiger partial charge in [0.05, 0.1) is 16.8 Å². The van der Waals surface area contributed by atoms with E-state index in [0.29, 0.717) is 11.4 Å².